The fraction of sp³-hybridized carbons (Fsp3) is 0.111. The summed E-state index contributed by atoms with van der Waals surface area (Å²) in [4.78, 5) is 24.5. The number of anilines is 1. The van der Waals surface area contributed by atoms with Crippen LogP contribution in [0.15, 0.2) is 91.0 Å². The number of aromatic hydroxyl groups is 1. The Balaban J connectivity index is 1.69. The summed E-state index contributed by atoms with van der Waals surface area (Å²) >= 11 is 0. The minimum atomic E-state index is -0.789. The van der Waals surface area contributed by atoms with Crippen molar-refractivity contribution in [3.05, 3.63) is 96.6 Å². The van der Waals surface area contributed by atoms with E-state index in [9.17, 15) is 14.7 Å². The van der Waals surface area contributed by atoms with Gasteiger partial charge in [-0.3, -0.25) is 15.3 Å². The van der Waals surface area contributed by atoms with Gasteiger partial charge in [0.15, 0.2) is 0 Å². The van der Waals surface area contributed by atoms with Crippen LogP contribution in [0.2, 0.25) is 0 Å². The highest BCUT2D eigenvalue weighted by Crippen LogP contribution is 2.36. The van der Waals surface area contributed by atoms with Gasteiger partial charge in [0.05, 0.1) is 5.69 Å². The number of benzene rings is 4. The number of ether oxygens (including phenoxy) is 1. The van der Waals surface area contributed by atoms with Crippen LogP contribution in [0.3, 0.4) is 0 Å². The molecule has 0 aliphatic heterocycles. The van der Waals surface area contributed by atoms with Crippen LogP contribution in [0.5, 0.6) is 5.75 Å². The second-order valence-electron chi connectivity index (χ2n) is 7.89. The maximum atomic E-state index is 13.0. The first-order valence-electron chi connectivity index (χ1n) is 10.8. The Labute approximate surface area is 196 Å². The molecule has 0 spiro atoms. The van der Waals surface area contributed by atoms with Crippen molar-refractivity contribution in [2.75, 3.05) is 5.32 Å². The summed E-state index contributed by atoms with van der Waals surface area (Å²) in [5, 5.41) is 25.1. The minimum absolute atomic E-state index is 0.112. The van der Waals surface area contributed by atoms with E-state index in [0.717, 1.165) is 16.2 Å². The molecule has 0 aliphatic rings. The fourth-order valence-corrected chi connectivity index (χ4v) is 3.98. The van der Waals surface area contributed by atoms with Gasteiger partial charge in [0.1, 0.15) is 11.9 Å². The van der Waals surface area contributed by atoms with Gasteiger partial charge in [0.25, 0.3) is 5.91 Å². The van der Waals surface area contributed by atoms with Gasteiger partial charge in [-0.1, -0.05) is 79.7 Å². The summed E-state index contributed by atoms with van der Waals surface area (Å²) in [6, 6.07) is 23.8. The quantitative estimate of drug-likeness (QED) is 0.169. The Hall–Kier alpha value is -4.36. The topological polar surface area (TPSA) is 108 Å². The number of phenols is 1. The molecule has 34 heavy (non-hydrogen) atoms. The Kier molecular flexibility index (Phi) is 6.75. The first-order chi connectivity index (χ1) is 16.5. The second kappa shape index (κ2) is 10.1. The summed E-state index contributed by atoms with van der Waals surface area (Å²) in [6.45, 7) is 1.79. The molecule has 7 nitrogen and oxygen atoms in total. The average molecular weight is 456 g/mol. The number of carbonyl (C=O) groups excluding carboxylic acids is 2. The predicted molar refractivity (Wildman–Crippen MR) is 131 cm³/mol. The van der Waals surface area contributed by atoms with Gasteiger partial charge >= 0.3 is 6.09 Å². The van der Waals surface area contributed by atoms with Crippen LogP contribution >= 0.6 is 0 Å². The van der Waals surface area contributed by atoms with E-state index in [-0.39, 0.29) is 5.75 Å². The zero-order valence-electron chi connectivity index (χ0n) is 18.4. The number of fused-ring (bicyclic) bond motifs is 2. The molecule has 4 N–H and O–H groups in total. The maximum absolute atomic E-state index is 13.0. The number of nitrogens with one attached hydrogen (secondary N) is 2. The van der Waals surface area contributed by atoms with Gasteiger partial charge in [-0.15, -0.1) is 0 Å². The normalized spacial score (nSPS) is 13.0. The highest BCUT2D eigenvalue weighted by Gasteiger charge is 2.25. The van der Waals surface area contributed by atoms with Gasteiger partial charge in [-0.25, -0.2) is 10.3 Å². The molecule has 0 unspecified atom stereocenters. The third kappa shape index (κ3) is 4.84. The Morgan fingerprint density at radius 2 is 1.56 bits per heavy atom. The first kappa shape index (κ1) is 22.8. The number of rotatable bonds is 6. The van der Waals surface area contributed by atoms with Gasteiger partial charge in [-0.2, -0.15) is 0 Å². The van der Waals surface area contributed by atoms with Gasteiger partial charge in [0.2, 0.25) is 0 Å². The molecular formula is C27H24N2O5. The SMILES string of the molecule is C[C@@H](/C=C/C(=O)NO)[C@H](OC(=O)Nc1cccc2ccccc12)c1ccc(O)c2ccccc12. The molecule has 2 amide bonds. The van der Waals surface area contributed by atoms with Crippen LogP contribution in [-0.4, -0.2) is 22.3 Å². The van der Waals surface area contributed by atoms with E-state index in [1.54, 1.807) is 42.7 Å². The lowest BCUT2D eigenvalue weighted by Crippen LogP contribution is -2.22. The molecule has 4 aromatic rings. The van der Waals surface area contributed by atoms with Crippen LogP contribution in [0.25, 0.3) is 21.5 Å². The van der Waals surface area contributed by atoms with E-state index in [1.807, 2.05) is 54.6 Å². The first-order valence-corrected chi connectivity index (χ1v) is 10.8. The highest BCUT2D eigenvalue weighted by atomic mass is 16.6. The summed E-state index contributed by atoms with van der Waals surface area (Å²) < 4.78 is 5.89. The molecule has 172 valence electrons. The molecule has 0 saturated carbocycles. The molecule has 0 aromatic heterocycles. The number of amides is 2. The molecule has 0 fully saturated rings. The fourth-order valence-electron chi connectivity index (χ4n) is 3.98. The Morgan fingerprint density at radius 1 is 0.882 bits per heavy atom. The molecule has 0 heterocycles. The van der Waals surface area contributed by atoms with Crippen molar-refractivity contribution in [2.45, 2.75) is 13.0 Å². The van der Waals surface area contributed by atoms with Crippen LogP contribution in [0.1, 0.15) is 18.6 Å². The molecule has 4 aromatic carbocycles. The molecule has 0 aliphatic carbocycles. The van der Waals surface area contributed by atoms with Crippen molar-refractivity contribution >= 4 is 39.2 Å². The average Bonchev–Trinajstić information content (AvgIpc) is 2.86. The molecule has 0 bridgehead atoms. The summed E-state index contributed by atoms with van der Waals surface area (Å²) in [6.07, 6.45) is 1.27. The lowest BCUT2D eigenvalue weighted by atomic mass is 9.92. The number of hydrogen-bond acceptors (Lipinski definition) is 5. The monoisotopic (exact) mass is 456 g/mol. The van der Waals surface area contributed by atoms with Crippen LogP contribution in [-0.2, 0) is 9.53 Å². The van der Waals surface area contributed by atoms with Crippen LogP contribution in [0.4, 0.5) is 10.5 Å². The molecule has 2 atom stereocenters. The van der Waals surface area contributed by atoms with E-state index in [2.05, 4.69) is 5.32 Å². The van der Waals surface area contributed by atoms with Crippen molar-refractivity contribution in [3.8, 4) is 5.75 Å². The van der Waals surface area contributed by atoms with Crippen molar-refractivity contribution in [1.29, 1.82) is 0 Å². The zero-order valence-corrected chi connectivity index (χ0v) is 18.4. The Morgan fingerprint density at radius 3 is 2.32 bits per heavy atom. The third-order valence-electron chi connectivity index (χ3n) is 5.64. The molecule has 0 saturated heterocycles. The van der Waals surface area contributed by atoms with E-state index < -0.39 is 24.0 Å². The van der Waals surface area contributed by atoms with E-state index in [0.29, 0.717) is 16.6 Å². The number of phenolic OH excluding ortho intramolecular Hbond substituents is 1. The van der Waals surface area contributed by atoms with Crippen molar-refractivity contribution in [3.63, 3.8) is 0 Å². The van der Waals surface area contributed by atoms with Crippen molar-refractivity contribution in [1.82, 2.24) is 5.48 Å². The standard InChI is InChI=1S/C27H24N2O5/c1-17(13-16-25(31)29-33)26(22-14-15-24(30)21-11-5-4-10-20(21)22)34-27(32)28-23-12-6-8-18-7-2-3-9-19(18)23/h2-17,26,30,33H,1H3,(H,28,32)(H,29,31)/b16-13+/t17-,26-/m0/s1. The highest BCUT2D eigenvalue weighted by molar-refractivity contribution is 6.00. The largest absolute Gasteiger partial charge is 0.507 e. The predicted octanol–water partition coefficient (Wildman–Crippen LogP) is 5.69. The molecular weight excluding hydrogens is 432 g/mol. The number of hydrogen-bond donors (Lipinski definition) is 4. The Bertz CT molecular complexity index is 1380. The third-order valence-corrected chi connectivity index (χ3v) is 5.64. The molecule has 0 radical (unpaired) electrons. The zero-order chi connectivity index (χ0) is 24.1. The molecule has 7 heteroatoms. The summed E-state index contributed by atoms with van der Waals surface area (Å²) in [5.41, 5.74) is 2.83. The second-order valence-corrected chi connectivity index (χ2v) is 7.89. The lowest BCUT2D eigenvalue weighted by Gasteiger charge is -2.24. The van der Waals surface area contributed by atoms with Gasteiger partial charge in [0, 0.05) is 28.3 Å². The van der Waals surface area contributed by atoms with Gasteiger partial charge < -0.3 is 9.84 Å². The smallest absolute Gasteiger partial charge is 0.412 e. The van der Waals surface area contributed by atoms with Gasteiger partial charge in [-0.05, 0) is 22.9 Å². The molecule has 4 rings (SSSR count). The number of hydroxylamine groups is 1. The summed E-state index contributed by atoms with van der Waals surface area (Å²) in [5.74, 6) is -1.02. The van der Waals surface area contributed by atoms with E-state index in [1.165, 1.54) is 6.08 Å². The van der Waals surface area contributed by atoms with Crippen LogP contribution < -0.4 is 10.8 Å². The van der Waals surface area contributed by atoms with Crippen molar-refractivity contribution in [2.24, 2.45) is 5.92 Å². The maximum Gasteiger partial charge on any atom is 0.412 e. The lowest BCUT2D eigenvalue weighted by molar-refractivity contribution is -0.124. The van der Waals surface area contributed by atoms with E-state index >= 15 is 0 Å². The summed E-state index contributed by atoms with van der Waals surface area (Å²) in [7, 11) is 0. The van der Waals surface area contributed by atoms with E-state index in [4.69, 9.17) is 9.94 Å². The minimum Gasteiger partial charge on any atom is -0.507 e. The van der Waals surface area contributed by atoms with Crippen LogP contribution in [0, 0.1) is 5.92 Å². The number of carbonyl (C=O) groups is 2. The van der Waals surface area contributed by atoms with Crippen molar-refractivity contribution < 1.29 is 24.6 Å².